The number of carbonyl (C=O) groups is 1. The van der Waals surface area contributed by atoms with Gasteiger partial charge in [0.1, 0.15) is 0 Å². The van der Waals surface area contributed by atoms with E-state index in [1.54, 1.807) is 18.4 Å². The van der Waals surface area contributed by atoms with Crippen LogP contribution in [0.15, 0.2) is 17.5 Å². The van der Waals surface area contributed by atoms with Crippen molar-refractivity contribution >= 4 is 17.2 Å². The molecule has 1 rings (SSSR count). The zero-order valence-corrected chi connectivity index (χ0v) is 11.2. The average molecular weight is 255 g/mol. The minimum absolute atomic E-state index is 0.160. The Kier molecular flexibility index (Phi) is 7.67. The van der Waals surface area contributed by atoms with Gasteiger partial charge in [-0.05, 0) is 37.1 Å². The summed E-state index contributed by atoms with van der Waals surface area (Å²) in [5.74, 6) is 0.160. The van der Waals surface area contributed by atoms with E-state index in [0.29, 0.717) is 13.0 Å². The van der Waals surface area contributed by atoms with Crippen molar-refractivity contribution in [1.82, 2.24) is 5.32 Å². The van der Waals surface area contributed by atoms with Crippen molar-refractivity contribution in [3.05, 3.63) is 22.4 Å². The molecule has 0 unspecified atom stereocenters. The molecule has 0 spiro atoms. The van der Waals surface area contributed by atoms with Crippen LogP contribution in [0, 0.1) is 0 Å². The number of unbranched alkanes of at least 4 members (excludes halogenated alkanes) is 1. The van der Waals surface area contributed by atoms with Crippen LogP contribution in [0.25, 0.3) is 0 Å². The predicted octanol–water partition coefficient (Wildman–Crippen LogP) is 2.61. The summed E-state index contributed by atoms with van der Waals surface area (Å²) in [5.41, 5.74) is 0. The Morgan fingerprint density at radius 1 is 1.41 bits per heavy atom. The molecule has 0 saturated heterocycles. The number of rotatable bonds is 9. The van der Waals surface area contributed by atoms with Gasteiger partial charge in [-0.15, -0.1) is 11.3 Å². The number of ether oxygens (including phenoxy) is 1. The molecule has 4 heteroatoms. The molecule has 1 heterocycles. The van der Waals surface area contributed by atoms with Gasteiger partial charge in [0.05, 0.1) is 0 Å². The first-order valence-corrected chi connectivity index (χ1v) is 6.99. The maximum Gasteiger partial charge on any atom is 0.219 e. The van der Waals surface area contributed by atoms with Crippen LogP contribution in [0.3, 0.4) is 0 Å². The first-order valence-electron chi connectivity index (χ1n) is 6.11. The summed E-state index contributed by atoms with van der Waals surface area (Å²) in [6.45, 7) is 1.43. The van der Waals surface area contributed by atoms with Gasteiger partial charge in [-0.3, -0.25) is 4.79 Å². The minimum Gasteiger partial charge on any atom is -0.385 e. The van der Waals surface area contributed by atoms with Crippen LogP contribution < -0.4 is 5.32 Å². The van der Waals surface area contributed by atoms with Gasteiger partial charge >= 0.3 is 0 Å². The van der Waals surface area contributed by atoms with Crippen molar-refractivity contribution in [3.63, 3.8) is 0 Å². The minimum atomic E-state index is 0.160. The number of methoxy groups -OCH3 is 1. The van der Waals surface area contributed by atoms with Gasteiger partial charge in [-0.25, -0.2) is 0 Å². The van der Waals surface area contributed by atoms with E-state index in [2.05, 4.69) is 22.8 Å². The second-order valence-electron chi connectivity index (χ2n) is 3.98. The number of carbonyl (C=O) groups excluding carboxylic acids is 1. The van der Waals surface area contributed by atoms with Crippen LogP contribution >= 0.6 is 11.3 Å². The van der Waals surface area contributed by atoms with Crippen LogP contribution in [0.4, 0.5) is 0 Å². The van der Waals surface area contributed by atoms with E-state index in [4.69, 9.17) is 4.74 Å². The monoisotopic (exact) mass is 255 g/mol. The molecular weight excluding hydrogens is 234 g/mol. The largest absolute Gasteiger partial charge is 0.385 e. The quantitative estimate of drug-likeness (QED) is 0.689. The third kappa shape index (κ3) is 7.13. The summed E-state index contributed by atoms with van der Waals surface area (Å²) in [5, 5.41) is 4.99. The van der Waals surface area contributed by atoms with Gasteiger partial charge in [0, 0.05) is 31.6 Å². The Morgan fingerprint density at radius 3 is 3.00 bits per heavy atom. The first kappa shape index (κ1) is 14.2. The second-order valence-corrected chi connectivity index (χ2v) is 5.02. The van der Waals surface area contributed by atoms with Crippen LogP contribution in [0.1, 0.15) is 30.6 Å². The standard InChI is InChI=1S/C13H21NO2S/c1-16-10-5-9-14-13(15)8-3-2-6-12-7-4-11-17-12/h4,7,11H,2-3,5-6,8-10H2,1H3,(H,14,15). The number of hydrogen-bond donors (Lipinski definition) is 1. The predicted molar refractivity (Wildman–Crippen MR) is 71.4 cm³/mol. The van der Waals surface area contributed by atoms with E-state index in [1.165, 1.54) is 4.88 Å². The summed E-state index contributed by atoms with van der Waals surface area (Å²) in [6, 6.07) is 4.22. The van der Waals surface area contributed by atoms with E-state index in [-0.39, 0.29) is 5.91 Å². The number of nitrogens with one attached hydrogen (secondary N) is 1. The highest BCUT2D eigenvalue weighted by Crippen LogP contribution is 2.12. The van der Waals surface area contributed by atoms with Crippen LogP contribution in [0.2, 0.25) is 0 Å². The number of thiophene rings is 1. The molecule has 0 bridgehead atoms. The molecule has 1 N–H and O–H groups in total. The van der Waals surface area contributed by atoms with Gasteiger partial charge in [0.25, 0.3) is 0 Å². The van der Waals surface area contributed by atoms with Crippen LogP contribution in [0.5, 0.6) is 0 Å². The van der Waals surface area contributed by atoms with Crippen molar-refractivity contribution in [3.8, 4) is 0 Å². The first-order chi connectivity index (χ1) is 8.33. The zero-order valence-electron chi connectivity index (χ0n) is 10.4. The lowest BCUT2D eigenvalue weighted by molar-refractivity contribution is -0.121. The summed E-state index contributed by atoms with van der Waals surface area (Å²) in [4.78, 5) is 12.8. The molecule has 0 aliphatic heterocycles. The van der Waals surface area contributed by atoms with Crippen molar-refractivity contribution in [1.29, 1.82) is 0 Å². The molecule has 0 aliphatic rings. The van der Waals surface area contributed by atoms with E-state index in [1.807, 2.05) is 0 Å². The molecule has 0 saturated carbocycles. The Balaban J connectivity index is 1.93. The van der Waals surface area contributed by atoms with E-state index in [9.17, 15) is 4.79 Å². The Labute approximate surface area is 107 Å². The second kappa shape index (κ2) is 9.19. The third-order valence-electron chi connectivity index (χ3n) is 2.50. The fourth-order valence-electron chi connectivity index (χ4n) is 1.57. The smallest absolute Gasteiger partial charge is 0.219 e. The fraction of sp³-hybridized carbons (Fsp3) is 0.615. The fourth-order valence-corrected chi connectivity index (χ4v) is 2.32. The van der Waals surface area contributed by atoms with E-state index in [0.717, 1.165) is 32.2 Å². The third-order valence-corrected chi connectivity index (χ3v) is 3.44. The lowest BCUT2D eigenvalue weighted by atomic mass is 10.1. The number of amides is 1. The lowest BCUT2D eigenvalue weighted by Crippen LogP contribution is -2.24. The molecule has 0 atom stereocenters. The molecule has 1 aromatic rings. The number of hydrogen-bond acceptors (Lipinski definition) is 3. The lowest BCUT2D eigenvalue weighted by Gasteiger charge is -2.04. The van der Waals surface area contributed by atoms with Gasteiger partial charge in [0.15, 0.2) is 0 Å². The molecular formula is C13H21NO2S. The SMILES string of the molecule is COCCCNC(=O)CCCCc1cccs1. The molecule has 17 heavy (non-hydrogen) atoms. The molecule has 0 aliphatic carbocycles. The molecule has 1 amide bonds. The molecule has 0 aromatic carbocycles. The average Bonchev–Trinajstić information content (AvgIpc) is 2.83. The summed E-state index contributed by atoms with van der Waals surface area (Å²) in [7, 11) is 1.67. The molecule has 96 valence electrons. The van der Waals surface area contributed by atoms with Gasteiger partial charge in [-0.1, -0.05) is 6.07 Å². The van der Waals surface area contributed by atoms with Crippen molar-refractivity contribution in [2.75, 3.05) is 20.3 Å². The number of aryl methyl sites for hydroxylation is 1. The van der Waals surface area contributed by atoms with Crippen LogP contribution in [-0.2, 0) is 16.0 Å². The normalized spacial score (nSPS) is 10.4. The summed E-state index contributed by atoms with van der Waals surface area (Å²) in [6.07, 6.45) is 4.67. The molecule has 0 radical (unpaired) electrons. The molecule has 0 fully saturated rings. The topological polar surface area (TPSA) is 38.3 Å². The van der Waals surface area contributed by atoms with Crippen molar-refractivity contribution in [2.24, 2.45) is 0 Å². The van der Waals surface area contributed by atoms with Crippen molar-refractivity contribution < 1.29 is 9.53 Å². The highest BCUT2D eigenvalue weighted by molar-refractivity contribution is 7.09. The maximum absolute atomic E-state index is 11.4. The summed E-state index contributed by atoms with van der Waals surface area (Å²) < 4.78 is 4.91. The van der Waals surface area contributed by atoms with Crippen LogP contribution in [-0.4, -0.2) is 26.2 Å². The van der Waals surface area contributed by atoms with Gasteiger partial charge in [-0.2, -0.15) is 0 Å². The van der Waals surface area contributed by atoms with Crippen molar-refractivity contribution in [2.45, 2.75) is 32.1 Å². The summed E-state index contributed by atoms with van der Waals surface area (Å²) >= 11 is 1.79. The van der Waals surface area contributed by atoms with E-state index < -0.39 is 0 Å². The Hall–Kier alpha value is -0.870. The Bertz CT molecular complexity index is 298. The van der Waals surface area contributed by atoms with Gasteiger partial charge < -0.3 is 10.1 Å². The zero-order chi connectivity index (χ0) is 12.3. The Morgan fingerprint density at radius 2 is 2.29 bits per heavy atom. The highest BCUT2D eigenvalue weighted by Gasteiger charge is 2.00. The maximum atomic E-state index is 11.4. The van der Waals surface area contributed by atoms with Gasteiger partial charge in [0.2, 0.25) is 5.91 Å². The molecule has 1 aromatic heterocycles. The van der Waals surface area contributed by atoms with E-state index >= 15 is 0 Å². The molecule has 3 nitrogen and oxygen atoms in total. The highest BCUT2D eigenvalue weighted by atomic mass is 32.1.